The van der Waals surface area contributed by atoms with Crippen molar-refractivity contribution in [3.8, 4) is 0 Å². The Morgan fingerprint density at radius 2 is 2.54 bits per heavy atom. The molecule has 72 valence electrons. The highest BCUT2D eigenvalue weighted by Gasteiger charge is 2.00. The van der Waals surface area contributed by atoms with Crippen molar-refractivity contribution in [3.63, 3.8) is 0 Å². The van der Waals surface area contributed by atoms with Crippen molar-refractivity contribution in [3.05, 3.63) is 18.5 Å². The third-order valence-corrected chi connectivity index (χ3v) is 1.52. The van der Waals surface area contributed by atoms with Crippen LogP contribution in [0.4, 0.5) is 0 Å². The molecule has 5 N–H and O–H groups in total. The van der Waals surface area contributed by atoms with Crippen LogP contribution in [0.1, 0.15) is 6.92 Å². The molecule has 13 heavy (non-hydrogen) atoms. The van der Waals surface area contributed by atoms with Gasteiger partial charge >= 0.3 is 0 Å². The molecule has 1 heterocycles. The maximum Gasteiger partial charge on any atom is 0.203 e. The van der Waals surface area contributed by atoms with Gasteiger partial charge in [-0.15, -0.1) is 0 Å². The zero-order chi connectivity index (χ0) is 9.68. The van der Waals surface area contributed by atoms with Crippen LogP contribution in [0.15, 0.2) is 23.5 Å². The van der Waals surface area contributed by atoms with Gasteiger partial charge in [-0.1, -0.05) is 0 Å². The second kappa shape index (κ2) is 4.46. The van der Waals surface area contributed by atoms with E-state index in [2.05, 4.69) is 15.5 Å². The number of hydrazine groups is 1. The first-order valence-electron chi connectivity index (χ1n) is 3.99. The predicted octanol–water partition coefficient (Wildman–Crippen LogP) is -0.950. The van der Waals surface area contributed by atoms with E-state index in [1.165, 1.54) is 0 Å². The number of nitrogens with two attached hydrogens (primary N) is 2. The minimum absolute atomic E-state index is 0.0518. The average molecular weight is 182 g/mol. The monoisotopic (exact) mass is 182 g/mol. The quantitative estimate of drug-likeness (QED) is 0.243. The molecule has 0 bridgehead atoms. The maximum atomic E-state index is 5.39. The molecule has 1 aromatic heterocycles. The van der Waals surface area contributed by atoms with E-state index in [1.54, 1.807) is 10.9 Å². The Kier molecular flexibility index (Phi) is 3.27. The Balaban J connectivity index is 2.46. The second-order valence-corrected chi connectivity index (χ2v) is 2.74. The summed E-state index contributed by atoms with van der Waals surface area (Å²) in [6.45, 7) is 2.63. The normalized spacial score (nSPS) is 14.2. The lowest BCUT2D eigenvalue weighted by Crippen LogP contribution is -2.38. The van der Waals surface area contributed by atoms with Crippen molar-refractivity contribution in [1.29, 1.82) is 0 Å². The summed E-state index contributed by atoms with van der Waals surface area (Å²) in [4.78, 5) is 4.07. The number of nitrogens with zero attached hydrogens (tertiary/aromatic N) is 3. The first-order valence-corrected chi connectivity index (χ1v) is 3.99. The van der Waals surface area contributed by atoms with Crippen molar-refractivity contribution < 1.29 is 0 Å². The smallest absolute Gasteiger partial charge is 0.203 e. The molecule has 0 fully saturated rings. The fourth-order valence-electron chi connectivity index (χ4n) is 0.995. The molecular formula is C7H14N6. The topological polar surface area (TPSA) is 94.2 Å². The van der Waals surface area contributed by atoms with Gasteiger partial charge < -0.3 is 5.73 Å². The maximum absolute atomic E-state index is 5.39. The molecule has 1 unspecified atom stereocenters. The minimum Gasteiger partial charge on any atom is -0.369 e. The van der Waals surface area contributed by atoms with Crippen molar-refractivity contribution in [2.24, 2.45) is 16.6 Å². The lowest BCUT2D eigenvalue weighted by molar-refractivity contribution is 0.538. The molecular weight excluding hydrogens is 168 g/mol. The zero-order valence-electron chi connectivity index (χ0n) is 7.51. The third-order valence-electron chi connectivity index (χ3n) is 1.52. The van der Waals surface area contributed by atoms with Gasteiger partial charge in [0.1, 0.15) is 0 Å². The van der Waals surface area contributed by atoms with Crippen molar-refractivity contribution in [2.75, 3.05) is 0 Å². The van der Waals surface area contributed by atoms with Gasteiger partial charge in [-0.3, -0.25) is 10.1 Å². The molecule has 0 aromatic carbocycles. The van der Waals surface area contributed by atoms with Crippen LogP contribution < -0.4 is 17.0 Å². The average Bonchev–Trinajstić information content (AvgIpc) is 2.56. The summed E-state index contributed by atoms with van der Waals surface area (Å²) < 4.78 is 1.79. The number of rotatable bonds is 3. The summed E-state index contributed by atoms with van der Waals surface area (Å²) >= 11 is 0. The summed E-state index contributed by atoms with van der Waals surface area (Å²) in [7, 11) is 0. The van der Waals surface area contributed by atoms with Gasteiger partial charge in [-0.05, 0) is 13.0 Å². The number of aliphatic imine (C=N–C) groups is 1. The van der Waals surface area contributed by atoms with Gasteiger partial charge in [0.05, 0.1) is 12.6 Å². The van der Waals surface area contributed by atoms with Crippen LogP contribution in [0.3, 0.4) is 0 Å². The van der Waals surface area contributed by atoms with Crippen molar-refractivity contribution in [2.45, 2.75) is 19.5 Å². The van der Waals surface area contributed by atoms with Crippen LogP contribution in [-0.4, -0.2) is 21.8 Å². The van der Waals surface area contributed by atoms with Crippen LogP contribution in [-0.2, 0) is 6.54 Å². The Hall–Kier alpha value is -1.56. The summed E-state index contributed by atoms with van der Waals surface area (Å²) in [5.74, 6) is 5.30. The molecule has 1 rings (SSSR count). The highest BCUT2D eigenvalue weighted by atomic mass is 15.3. The second-order valence-electron chi connectivity index (χ2n) is 2.74. The molecule has 1 aromatic rings. The fourth-order valence-corrected chi connectivity index (χ4v) is 0.995. The number of hydrogen-bond acceptors (Lipinski definition) is 3. The van der Waals surface area contributed by atoms with Crippen LogP contribution in [0, 0.1) is 0 Å². The summed E-state index contributed by atoms with van der Waals surface area (Å²) in [5, 5.41) is 4.04. The van der Waals surface area contributed by atoms with E-state index in [4.69, 9.17) is 11.6 Å². The molecule has 0 aliphatic heterocycles. The van der Waals surface area contributed by atoms with Crippen LogP contribution in [0.5, 0.6) is 0 Å². The first kappa shape index (κ1) is 9.53. The molecule has 0 radical (unpaired) electrons. The van der Waals surface area contributed by atoms with E-state index in [0.717, 1.165) is 0 Å². The predicted molar refractivity (Wildman–Crippen MR) is 50.6 cm³/mol. The standard InChI is InChI=1S/C7H14N6/c1-6(11-7(8)12-9)5-13-4-2-3-10-13/h2-4,6H,5,9H2,1H3,(H3,8,11,12). The molecule has 6 nitrogen and oxygen atoms in total. The van der Waals surface area contributed by atoms with Gasteiger partial charge in [-0.25, -0.2) is 10.8 Å². The van der Waals surface area contributed by atoms with E-state index in [1.807, 2.05) is 19.2 Å². The fraction of sp³-hybridized carbons (Fsp3) is 0.429. The number of hydrogen-bond donors (Lipinski definition) is 3. The van der Waals surface area contributed by atoms with Crippen molar-refractivity contribution in [1.82, 2.24) is 15.2 Å². The summed E-state index contributed by atoms with van der Waals surface area (Å²) in [6.07, 6.45) is 3.60. The molecule has 0 spiro atoms. The molecule has 0 saturated heterocycles. The Morgan fingerprint density at radius 1 is 1.77 bits per heavy atom. The number of nitrogens with one attached hydrogen (secondary N) is 1. The summed E-state index contributed by atoms with van der Waals surface area (Å²) in [5.41, 5.74) is 7.66. The zero-order valence-corrected chi connectivity index (χ0v) is 7.51. The highest BCUT2D eigenvalue weighted by Crippen LogP contribution is 1.94. The highest BCUT2D eigenvalue weighted by molar-refractivity contribution is 5.77. The number of guanidine groups is 1. The van der Waals surface area contributed by atoms with Crippen LogP contribution in [0.2, 0.25) is 0 Å². The Morgan fingerprint density at radius 3 is 3.08 bits per heavy atom. The first-order chi connectivity index (χ1) is 6.22. The molecule has 0 aliphatic carbocycles. The van der Waals surface area contributed by atoms with Gasteiger partial charge in [0.15, 0.2) is 0 Å². The lowest BCUT2D eigenvalue weighted by Gasteiger charge is -2.07. The van der Waals surface area contributed by atoms with E-state index >= 15 is 0 Å². The summed E-state index contributed by atoms with van der Waals surface area (Å²) in [6, 6.07) is 1.91. The third kappa shape index (κ3) is 3.12. The lowest BCUT2D eigenvalue weighted by atomic mass is 10.3. The van der Waals surface area contributed by atoms with Gasteiger partial charge in [0, 0.05) is 12.4 Å². The molecule has 6 heteroatoms. The van der Waals surface area contributed by atoms with Crippen molar-refractivity contribution >= 4 is 5.96 Å². The van der Waals surface area contributed by atoms with E-state index in [0.29, 0.717) is 6.54 Å². The minimum atomic E-state index is 0.0518. The Bertz CT molecular complexity index is 265. The van der Waals surface area contributed by atoms with E-state index in [9.17, 15) is 0 Å². The van der Waals surface area contributed by atoms with Crippen LogP contribution in [0.25, 0.3) is 0 Å². The Labute approximate surface area is 76.6 Å². The van der Waals surface area contributed by atoms with Gasteiger partial charge in [0.25, 0.3) is 0 Å². The molecule has 0 aliphatic rings. The van der Waals surface area contributed by atoms with Gasteiger partial charge in [0.2, 0.25) is 5.96 Å². The number of aromatic nitrogens is 2. The molecule has 1 atom stereocenters. The molecule has 0 amide bonds. The largest absolute Gasteiger partial charge is 0.369 e. The van der Waals surface area contributed by atoms with Crippen LogP contribution >= 0.6 is 0 Å². The van der Waals surface area contributed by atoms with Gasteiger partial charge in [-0.2, -0.15) is 5.10 Å². The van der Waals surface area contributed by atoms with E-state index in [-0.39, 0.29) is 12.0 Å². The SMILES string of the molecule is CC(Cn1cccn1)N=C(N)NN. The molecule has 0 saturated carbocycles. The van der Waals surface area contributed by atoms with E-state index < -0.39 is 0 Å².